The zero-order valence-corrected chi connectivity index (χ0v) is 20.2. The zero-order chi connectivity index (χ0) is 23.9. The molecule has 1 aliphatic carbocycles. The van der Waals surface area contributed by atoms with Gasteiger partial charge in [-0.15, -0.1) is 0 Å². The van der Waals surface area contributed by atoms with E-state index in [-0.39, 0.29) is 23.8 Å². The summed E-state index contributed by atoms with van der Waals surface area (Å²) in [4.78, 5) is 29.6. The number of rotatable bonds is 6. The average Bonchev–Trinajstić information content (AvgIpc) is 3.49. The van der Waals surface area contributed by atoms with Gasteiger partial charge in [0.05, 0.1) is 19.2 Å². The number of hydrogen-bond donors (Lipinski definition) is 1. The molecule has 1 aliphatic heterocycles. The van der Waals surface area contributed by atoms with Crippen molar-refractivity contribution in [3.63, 3.8) is 0 Å². The zero-order valence-electron chi connectivity index (χ0n) is 20.2. The maximum atomic E-state index is 14.0. The smallest absolute Gasteiger partial charge is 0.271 e. The van der Waals surface area contributed by atoms with Gasteiger partial charge in [-0.1, -0.05) is 50.1 Å². The highest BCUT2D eigenvalue weighted by atomic mass is 16.5. The van der Waals surface area contributed by atoms with Gasteiger partial charge in [-0.05, 0) is 49.4 Å². The van der Waals surface area contributed by atoms with Crippen LogP contribution in [-0.2, 0) is 11.3 Å². The third kappa shape index (κ3) is 3.85. The summed E-state index contributed by atoms with van der Waals surface area (Å²) in [6, 6.07) is 18.1. The van der Waals surface area contributed by atoms with Crippen LogP contribution in [0.15, 0.2) is 54.6 Å². The maximum absolute atomic E-state index is 14.0. The number of nitrogens with zero attached hydrogens (tertiary/aromatic N) is 2. The number of benzene rings is 2. The molecule has 2 atom stereocenters. The first-order chi connectivity index (χ1) is 16.4. The highest BCUT2D eigenvalue weighted by Crippen LogP contribution is 2.35. The molecule has 6 heteroatoms. The summed E-state index contributed by atoms with van der Waals surface area (Å²) >= 11 is 0. The van der Waals surface area contributed by atoms with Crippen LogP contribution >= 0.6 is 0 Å². The predicted molar refractivity (Wildman–Crippen MR) is 133 cm³/mol. The van der Waals surface area contributed by atoms with Crippen molar-refractivity contribution in [2.75, 3.05) is 13.7 Å². The van der Waals surface area contributed by atoms with E-state index in [4.69, 9.17) is 4.74 Å². The Morgan fingerprint density at radius 2 is 1.88 bits per heavy atom. The minimum atomic E-state index is -0.995. The maximum Gasteiger partial charge on any atom is 0.271 e. The fourth-order valence-electron chi connectivity index (χ4n) is 5.52. The summed E-state index contributed by atoms with van der Waals surface area (Å²) in [5.74, 6) is 0.662. The number of fused-ring (bicyclic) bond motifs is 3. The first-order valence-corrected chi connectivity index (χ1v) is 12.3. The molecule has 2 aromatic carbocycles. The van der Waals surface area contributed by atoms with Crippen LogP contribution in [0.2, 0.25) is 0 Å². The second-order valence-corrected chi connectivity index (χ2v) is 10.00. The van der Waals surface area contributed by atoms with Crippen LogP contribution in [0.4, 0.5) is 0 Å². The molecule has 1 N–H and O–H groups in total. The van der Waals surface area contributed by atoms with Gasteiger partial charge < -0.3 is 19.5 Å². The van der Waals surface area contributed by atoms with Crippen LogP contribution < -0.4 is 10.1 Å². The molecular weight excluding hydrogens is 426 g/mol. The van der Waals surface area contributed by atoms with Gasteiger partial charge in [0.2, 0.25) is 5.91 Å². The molecule has 34 heavy (non-hydrogen) atoms. The first-order valence-electron chi connectivity index (χ1n) is 12.3. The standard InChI is InChI=1S/C28H33N3O3/c1-19(20-9-5-4-6-10-20)17-31-26(32)25-15-21-13-14-23(34-3)16-24(21)30(25)18-28(31,2)27(33)29-22-11-7-8-12-22/h4-6,9-10,13-16,19,22H,7-8,11-12,17-18H2,1-3H3,(H,29,33)/t19-,28-/m0/s1. The molecule has 0 saturated heterocycles. The van der Waals surface area contributed by atoms with Crippen LogP contribution in [0, 0.1) is 0 Å². The Labute approximate surface area is 200 Å². The summed E-state index contributed by atoms with van der Waals surface area (Å²) in [6.07, 6.45) is 4.29. The third-order valence-electron chi connectivity index (χ3n) is 7.64. The van der Waals surface area contributed by atoms with Gasteiger partial charge in [0.25, 0.3) is 5.91 Å². The molecular formula is C28H33N3O3. The molecule has 3 aromatic rings. The summed E-state index contributed by atoms with van der Waals surface area (Å²) in [5.41, 5.74) is 1.70. The lowest BCUT2D eigenvalue weighted by Gasteiger charge is -2.45. The molecule has 178 valence electrons. The topological polar surface area (TPSA) is 63.6 Å². The van der Waals surface area contributed by atoms with Gasteiger partial charge >= 0.3 is 0 Å². The number of carbonyl (C=O) groups excluding carboxylic acids is 2. The number of nitrogens with one attached hydrogen (secondary N) is 1. The summed E-state index contributed by atoms with van der Waals surface area (Å²) in [7, 11) is 1.64. The second kappa shape index (κ2) is 8.82. The Kier molecular flexibility index (Phi) is 5.84. The SMILES string of the molecule is COc1ccc2cc3n(c2c1)C[C@@](C)(C(=O)NC1CCCC1)N(C[C@H](C)c1ccccc1)C3=O. The Balaban J connectivity index is 1.55. The van der Waals surface area contributed by atoms with Crippen molar-refractivity contribution >= 4 is 22.7 Å². The van der Waals surface area contributed by atoms with Crippen molar-refractivity contribution in [2.45, 2.75) is 63.6 Å². The summed E-state index contributed by atoms with van der Waals surface area (Å²) < 4.78 is 7.43. The summed E-state index contributed by atoms with van der Waals surface area (Å²) in [6.45, 7) is 4.92. The number of aromatic nitrogens is 1. The van der Waals surface area contributed by atoms with Crippen molar-refractivity contribution in [3.8, 4) is 5.75 Å². The van der Waals surface area contributed by atoms with Gasteiger partial charge in [0.1, 0.15) is 17.0 Å². The largest absolute Gasteiger partial charge is 0.497 e. The average molecular weight is 460 g/mol. The van der Waals surface area contributed by atoms with Crippen molar-refractivity contribution in [2.24, 2.45) is 0 Å². The predicted octanol–water partition coefficient (Wildman–Crippen LogP) is 4.73. The number of carbonyl (C=O) groups is 2. The van der Waals surface area contributed by atoms with Gasteiger partial charge in [0.15, 0.2) is 0 Å². The first kappa shape index (κ1) is 22.5. The van der Waals surface area contributed by atoms with E-state index in [0.717, 1.165) is 47.9 Å². The molecule has 2 aliphatic rings. The van der Waals surface area contributed by atoms with Crippen molar-refractivity contribution in [1.29, 1.82) is 0 Å². The molecule has 6 nitrogen and oxygen atoms in total. The second-order valence-electron chi connectivity index (χ2n) is 10.00. The van der Waals surface area contributed by atoms with Crippen LogP contribution in [0.5, 0.6) is 5.75 Å². The molecule has 0 radical (unpaired) electrons. The highest BCUT2D eigenvalue weighted by molar-refractivity contribution is 6.03. The molecule has 5 rings (SSSR count). The Morgan fingerprint density at radius 3 is 2.59 bits per heavy atom. The Bertz CT molecular complexity index is 1210. The van der Waals surface area contributed by atoms with E-state index < -0.39 is 5.54 Å². The van der Waals surface area contributed by atoms with E-state index in [1.165, 1.54) is 0 Å². The highest BCUT2D eigenvalue weighted by Gasteiger charge is 2.48. The quantitative estimate of drug-likeness (QED) is 0.580. The lowest BCUT2D eigenvalue weighted by molar-refractivity contribution is -0.133. The number of ether oxygens (including phenoxy) is 1. The minimum absolute atomic E-state index is 0.0663. The van der Waals surface area contributed by atoms with Gasteiger partial charge in [0, 0.05) is 24.0 Å². The lowest BCUT2D eigenvalue weighted by Crippen LogP contribution is -2.65. The van der Waals surface area contributed by atoms with Crippen LogP contribution in [0.3, 0.4) is 0 Å². The fourth-order valence-corrected chi connectivity index (χ4v) is 5.52. The van der Waals surface area contributed by atoms with Gasteiger partial charge in [-0.2, -0.15) is 0 Å². The van der Waals surface area contributed by atoms with E-state index in [2.05, 4.69) is 24.4 Å². The van der Waals surface area contributed by atoms with Crippen LogP contribution in [-0.4, -0.2) is 46.5 Å². The molecule has 2 heterocycles. The number of amides is 2. The molecule has 2 amide bonds. The van der Waals surface area contributed by atoms with Crippen molar-refractivity contribution in [1.82, 2.24) is 14.8 Å². The normalized spacial score (nSPS) is 21.5. The Morgan fingerprint density at radius 1 is 1.15 bits per heavy atom. The minimum Gasteiger partial charge on any atom is -0.497 e. The van der Waals surface area contributed by atoms with Crippen LogP contribution in [0.1, 0.15) is 61.5 Å². The Hall–Kier alpha value is -3.28. The molecule has 0 unspecified atom stereocenters. The lowest BCUT2D eigenvalue weighted by atomic mass is 9.91. The molecule has 1 aromatic heterocycles. The van der Waals surface area contributed by atoms with E-state index in [1.54, 1.807) is 12.0 Å². The van der Waals surface area contributed by atoms with E-state index in [0.29, 0.717) is 18.8 Å². The molecule has 0 bridgehead atoms. The summed E-state index contributed by atoms with van der Waals surface area (Å²) in [5, 5.41) is 4.25. The molecule has 1 saturated carbocycles. The fraction of sp³-hybridized carbons (Fsp3) is 0.429. The van der Waals surface area contributed by atoms with Gasteiger partial charge in [-0.3, -0.25) is 9.59 Å². The van der Waals surface area contributed by atoms with E-state index in [9.17, 15) is 9.59 Å². The number of methoxy groups -OCH3 is 1. The van der Waals surface area contributed by atoms with E-state index in [1.807, 2.05) is 54.0 Å². The number of hydrogen-bond acceptors (Lipinski definition) is 3. The third-order valence-corrected chi connectivity index (χ3v) is 7.64. The van der Waals surface area contributed by atoms with Crippen LogP contribution in [0.25, 0.3) is 10.9 Å². The van der Waals surface area contributed by atoms with E-state index >= 15 is 0 Å². The van der Waals surface area contributed by atoms with Crippen molar-refractivity contribution in [3.05, 3.63) is 65.9 Å². The van der Waals surface area contributed by atoms with Gasteiger partial charge in [-0.25, -0.2) is 0 Å². The monoisotopic (exact) mass is 459 g/mol. The molecule has 0 spiro atoms. The van der Waals surface area contributed by atoms with Crippen molar-refractivity contribution < 1.29 is 14.3 Å². The molecule has 1 fully saturated rings.